The van der Waals surface area contributed by atoms with Gasteiger partial charge in [0.1, 0.15) is 5.75 Å². The van der Waals surface area contributed by atoms with Gasteiger partial charge in [0.05, 0.1) is 31.1 Å². The average Bonchev–Trinajstić information content (AvgIpc) is 3.58. The number of rotatable bonds is 9. The number of carbonyl (C=O) groups excluding carboxylic acids is 1. The highest BCUT2D eigenvalue weighted by atomic mass is 19.4. The van der Waals surface area contributed by atoms with E-state index in [2.05, 4.69) is 20.7 Å². The summed E-state index contributed by atoms with van der Waals surface area (Å²) in [4.78, 5) is 16.9. The number of halogens is 4. The second kappa shape index (κ2) is 10.4. The van der Waals surface area contributed by atoms with Gasteiger partial charge >= 0.3 is 6.18 Å². The highest BCUT2D eigenvalue weighted by molar-refractivity contribution is 5.96. The van der Waals surface area contributed by atoms with E-state index in [-0.39, 0.29) is 40.7 Å². The average molecular weight is 544 g/mol. The summed E-state index contributed by atoms with van der Waals surface area (Å²) in [6.07, 6.45) is -1.92. The number of aryl methyl sites for hydroxylation is 1. The molecule has 204 valence electrons. The molecule has 0 saturated heterocycles. The van der Waals surface area contributed by atoms with E-state index in [1.807, 2.05) is 13.0 Å². The summed E-state index contributed by atoms with van der Waals surface area (Å²) in [6.45, 7) is 1.42. The van der Waals surface area contributed by atoms with Crippen molar-refractivity contribution in [1.82, 2.24) is 19.9 Å². The van der Waals surface area contributed by atoms with Gasteiger partial charge in [-0.25, -0.2) is 13.9 Å². The lowest BCUT2D eigenvalue weighted by molar-refractivity contribution is -0.131. The van der Waals surface area contributed by atoms with Gasteiger partial charge in [-0.15, -0.1) is 5.10 Å². The lowest BCUT2D eigenvalue weighted by Gasteiger charge is -2.13. The summed E-state index contributed by atoms with van der Waals surface area (Å²) < 4.78 is 64.7. The number of hydrogen-bond acceptors (Lipinski definition) is 6. The van der Waals surface area contributed by atoms with Crippen LogP contribution in [0.1, 0.15) is 35.2 Å². The minimum atomic E-state index is -4.35. The quantitative estimate of drug-likeness (QED) is 0.256. The zero-order valence-electron chi connectivity index (χ0n) is 21.1. The number of carbonyl (C=O) groups is 1. The third-order valence-electron chi connectivity index (χ3n) is 6.19. The van der Waals surface area contributed by atoms with E-state index >= 15 is 0 Å². The number of hydrogen-bond donors (Lipinski definition) is 2. The van der Waals surface area contributed by atoms with Crippen molar-refractivity contribution in [3.63, 3.8) is 0 Å². The molecule has 8 nitrogen and oxygen atoms in total. The topological polar surface area (TPSA) is 89.8 Å². The van der Waals surface area contributed by atoms with Crippen LogP contribution in [0.4, 0.5) is 23.2 Å². The number of nitrogens with zero attached hydrogens (tertiary/aromatic N) is 3. The molecule has 1 aliphatic rings. The van der Waals surface area contributed by atoms with Crippen molar-refractivity contribution in [2.75, 3.05) is 19.0 Å². The fraction of sp³-hybridized carbons (Fsp3) is 0.296. The molecule has 0 aliphatic heterocycles. The number of nitrogens with one attached hydrogen (secondary N) is 2. The Labute approximate surface area is 221 Å². The molecule has 0 atom stereocenters. The summed E-state index contributed by atoms with van der Waals surface area (Å²) in [5, 5.41) is 10.2. The molecular weight excluding hydrogens is 518 g/mol. The van der Waals surface area contributed by atoms with Crippen molar-refractivity contribution in [2.24, 2.45) is 0 Å². The third kappa shape index (κ3) is 6.05. The SMILES string of the molecule is COc1ccc(Oc2cc(NCCC(F)(F)F)c3ncc(-c4ccc(C(=O)NC5CC5)c(C)c4)n3n2)cc1F. The second-order valence-electron chi connectivity index (χ2n) is 9.24. The zero-order chi connectivity index (χ0) is 27.7. The molecule has 4 aromatic rings. The van der Waals surface area contributed by atoms with Crippen LogP contribution in [0, 0.1) is 12.7 Å². The van der Waals surface area contributed by atoms with Crippen LogP contribution in [0.3, 0.4) is 0 Å². The molecule has 0 bridgehead atoms. The normalized spacial score (nSPS) is 13.4. The van der Waals surface area contributed by atoms with E-state index in [0.29, 0.717) is 16.8 Å². The highest BCUT2D eigenvalue weighted by Gasteiger charge is 2.27. The van der Waals surface area contributed by atoms with E-state index in [0.717, 1.165) is 24.5 Å². The molecule has 1 amide bonds. The Balaban J connectivity index is 1.51. The fourth-order valence-electron chi connectivity index (χ4n) is 4.06. The number of imidazole rings is 1. The maximum atomic E-state index is 14.2. The Morgan fingerprint density at radius 1 is 1.15 bits per heavy atom. The van der Waals surface area contributed by atoms with Crippen LogP contribution in [0.15, 0.2) is 48.7 Å². The van der Waals surface area contributed by atoms with Gasteiger partial charge in [0.15, 0.2) is 17.2 Å². The summed E-state index contributed by atoms with van der Waals surface area (Å²) in [7, 11) is 1.33. The minimum absolute atomic E-state index is 0.00187. The molecule has 1 aliphatic carbocycles. The Hall–Kier alpha value is -4.35. The van der Waals surface area contributed by atoms with E-state index in [1.165, 1.54) is 36.0 Å². The Morgan fingerprint density at radius 2 is 1.95 bits per heavy atom. The number of anilines is 1. The Bertz CT molecular complexity index is 1530. The predicted molar refractivity (Wildman–Crippen MR) is 136 cm³/mol. The molecule has 12 heteroatoms. The van der Waals surface area contributed by atoms with Crippen molar-refractivity contribution in [1.29, 1.82) is 0 Å². The summed E-state index contributed by atoms with van der Waals surface area (Å²) in [6, 6.07) is 10.9. The maximum absolute atomic E-state index is 14.2. The molecule has 2 aromatic carbocycles. The van der Waals surface area contributed by atoms with E-state index in [9.17, 15) is 22.4 Å². The number of amides is 1. The molecule has 0 radical (unpaired) electrons. The first-order valence-corrected chi connectivity index (χ1v) is 12.2. The van der Waals surface area contributed by atoms with Crippen LogP contribution in [-0.2, 0) is 0 Å². The van der Waals surface area contributed by atoms with Crippen molar-refractivity contribution in [3.8, 4) is 28.6 Å². The predicted octanol–water partition coefficient (Wildman–Crippen LogP) is 5.90. The fourth-order valence-corrected chi connectivity index (χ4v) is 4.06. The van der Waals surface area contributed by atoms with Crippen LogP contribution < -0.4 is 20.1 Å². The summed E-state index contributed by atoms with van der Waals surface area (Å²) in [5.41, 5.74) is 3.02. The van der Waals surface area contributed by atoms with Crippen LogP contribution in [-0.4, -0.2) is 46.4 Å². The van der Waals surface area contributed by atoms with Crippen molar-refractivity contribution in [2.45, 2.75) is 38.4 Å². The number of aromatic nitrogens is 3. The maximum Gasteiger partial charge on any atom is 0.390 e. The van der Waals surface area contributed by atoms with Gasteiger partial charge < -0.3 is 20.1 Å². The smallest absolute Gasteiger partial charge is 0.390 e. The van der Waals surface area contributed by atoms with Crippen LogP contribution in [0.2, 0.25) is 0 Å². The lowest BCUT2D eigenvalue weighted by atomic mass is 10.0. The monoisotopic (exact) mass is 543 g/mol. The molecule has 2 heterocycles. The van der Waals surface area contributed by atoms with E-state index in [4.69, 9.17) is 9.47 Å². The van der Waals surface area contributed by atoms with Crippen molar-refractivity contribution < 1.29 is 31.8 Å². The first kappa shape index (κ1) is 26.3. The van der Waals surface area contributed by atoms with E-state index < -0.39 is 25.0 Å². The Kier molecular flexibility index (Phi) is 7.02. The van der Waals surface area contributed by atoms with Gasteiger partial charge in [-0.3, -0.25) is 4.79 Å². The van der Waals surface area contributed by atoms with Crippen molar-refractivity contribution >= 4 is 17.2 Å². The third-order valence-corrected chi connectivity index (χ3v) is 6.19. The molecule has 0 spiro atoms. The molecule has 5 rings (SSSR count). The number of fused-ring (bicyclic) bond motifs is 1. The molecular formula is C27H25F4N5O3. The van der Waals surface area contributed by atoms with Gasteiger partial charge in [0, 0.05) is 35.8 Å². The minimum Gasteiger partial charge on any atom is -0.494 e. The van der Waals surface area contributed by atoms with Crippen LogP contribution in [0.5, 0.6) is 17.4 Å². The highest BCUT2D eigenvalue weighted by Crippen LogP contribution is 2.32. The first-order chi connectivity index (χ1) is 18.6. The second-order valence-corrected chi connectivity index (χ2v) is 9.24. The number of ether oxygens (including phenoxy) is 2. The Morgan fingerprint density at radius 3 is 2.62 bits per heavy atom. The van der Waals surface area contributed by atoms with Gasteiger partial charge in [0.2, 0.25) is 5.88 Å². The molecule has 2 aromatic heterocycles. The number of alkyl halides is 3. The van der Waals surface area contributed by atoms with Crippen LogP contribution in [0.25, 0.3) is 16.9 Å². The largest absolute Gasteiger partial charge is 0.494 e. The summed E-state index contributed by atoms with van der Waals surface area (Å²) >= 11 is 0. The standard InChI is InChI=1S/C27H25F4N5O3/c1-15-11-16(3-7-19(15)26(37)34-17-4-5-17)22-14-33-25-21(32-10-9-27(29,30)31)13-24(35-36(22)25)39-18-6-8-23(38-2)20(28)12-18/h3,6-8,11-14,17,32H,4-5,9-10H2,1-2H3,(H,34,37). The van der Waals surface area contributed by atoms with Gasteiger partial charge in [0.25, 0.3) is 5.91 Å². The zero-order valence-corrected chi connectivity index (χ0v) is 21.1. The first-order valence-electron chi connectivity index (χ1n) is 12.2. The lowest BCUT2D eigenvalue weighted by Crippen LogP contribution is -2.26. The molecule has 1 fully saturated rings. The van der Waals surface area contributed by atoms with Crippen molar-refractivity contribution in [3.05, 3.63) is 65.6 Å². The van der Waals surface area contributed by atoms with Gasteiger partial charge in [-0.2, -0.15) is 13.2 Å². The summed E-state index contributed by atoms with van der Waals surface area (Å²) in [5.74, 6) is -0.648. The molecule has 1 saturated carbocycles. The number of methoxy groups -OCH3 is 1. The van der Waals surface area contributed by atoms with Gasteiger partial charge in [-0.1, -0.05) is 6.07 Å². The number of benzene rings is 2. The molecule has 39 heavy (non-hydrogen) atoms. The van der Waals surface area contributed by atoms with E-state index in [1.54, 1.807) is 12.1 Å². The molecule has 0 unspecified atom stereocenters. The van der Waals surface area contributed by atoms with Gasteiger partial charge in [-0.05, 0) is 49.6 Å². The molecule has 2 N–H and O–H groups in total. The van der Waals surface area contributed by atoms with Crippen LogP contribution >= 0.6 is 0 Å².